The van der Waals surface area contributed by atoms with Crippen LogP contribution in [0.25, 0.3) is 0 Å². The first-order chi connectivity index (χ1) is 13.4. The van der Waals surface area contributed by atoms with Crippen molar-refractivity contribution < 1.29 is 4.74 Å². The molecule has 28 heavy (non-hydrogen) atoms. The van der Waals surface area contributed by atoms with Crippen molar-refractivity contribution >= 4 is 0 Å². The maximum Gasteiger partial charge on any atom is 0.0608 e. The Kier molecular flexibility index (Phi) is 6.32. The van der Waals surface area contributed by atoms with E-state index in [-0.39, 0.29) is 0 Å². The summed E-state index contributed by atoms with van der Waals surface area (Å²) in [4.78, 5) is 0. The van der Waals surface area contributed by atoms with Crippen LogP contribution in [0.15, 0.2) is 11.6 Å². The average Bonchev–Trinajstić information content (AvgIpc) is 3.04. The van der Waals surface area contributed by atoms with E-state index in [1.165, 1.54) is 70.6 Å². The molecule has 1 heteroatoms. The van der Waals surface area contributed by atoms with Crippen molar-refractivity contribution in [3.05, 3.63) is 11.6 Å². The first-order valence-corrected chi connectivity index (χ1v) is 12.7. The molecule has 4 rings (SSSR count). The van der Waals surface area contributed by atoms with Crippen molar-refractivity contribution in [2.24, 2.45) is 46.8 Å². The van der Waals surface area contributed by atoms with Gasteiger partial charge in [0, 0.05) is 7.11 Å². The van der Waals surface area contributed by atoms with Crippen LogP contribution >= 0.6 is 0 Å². The number of allylic oxidation sites excluding steroid dienone is 1. The molecule has 2 unspecified atom stereocenters. The monoisotopic (exact) mass is 386 g/mol. The summed E-state index contributed by atoms with van der Waals surface area (Å²) in [5.41, 5.74) is 2.41. The Morgan fingerprint density at radius 1 is 1.04 bits per heavy atom. The maximum absolute atomic E-state index is 5.71. The molecule has 0 heterocycles. The molecule has 0 aromatic rings. The molecule has 0 saturated heterocycles. The molecular formula is C27H46O. The van der Waals surface area contributed by atoms with Gasteiger partial charge in [0.1, 0.15) is 0 Å². The standard InChI is InChI=1S/C27H46O/c1-18(2)7-6-8-19(3)25-13-14-26-24-11-9-20-17-21(28-5)10-12-22(20)23(24)15-16-27(25,26)4/h9,18-19,21-26H,6-8,10-17H2,1-5H3/t19-,21+,22?,23-,24?,25-,26+,27-/m1/s1. The van der Waals surface area contributed by atoms with Gasteiger partial charge in [0.2, 0.25) is 0 Å². The number of ether oxygens (including phenoxy) is 1. The van der Waals surface area contributed by atoms with Gasteiger partial charge in [0.15, 0.2) is 0 Å². The molecule has 0 radical (unpaired) electrons. The van der Waals surface area contributed by atoms with E-state index < -0.39 is 0 Å². The Morgan fingerprint density at radius 2 is 1.86 bits per heavy atom. The molecule has 0 aromatic carbocycles. The predicted octanol–water partition coefficient (Wildman–Crippen LogP) is 7.65. The Bertz CT molecular complexity index is 563. The second-order valence-corrected chi connectivity index (χ2v) is 11.7. The fraction of sp³-hybridized carbons (Fsp3) is 0.926. The zero-order chi connectivity index (χ0) is 19.9. The van der Waals surface area contributed by atoms with Crippen LogP contribution in [0.1, 0.15) is 98.3 Å². The Labute approximate surface area is 175 Å². The van der Waals surface area contributed by atoms with Crippen LogP contribution < -0.4 is 0 Å². The lowest BCUT2D eigenvalue weighted by molar-refractivity contribution is -0.0318. The van der Waals surface area contributed by atoms with Crippen LogP contribution in [-0.4, -0.2) is 13.2 Å². The van der Waals surface area contributed by atoms with Gasteiger partial charge in [0.25, 0.3) is 0 Å². The van der Waals surface area contributed by atoms with Gasteiger partial charge in [-0.15, -0.1) is 0 Å². The number of hydrogen-bond acceptors (Lipinski definition) is 1. The summed E-state index contributed by atoms with van der Waals surface area (Å²) < 4.78 is 5.71. The van der Waals surface area contributed by atoms with Gasteiger partial charge in [-0.25, -0.2) is 0 Å². The van der Waals surface area contributed by atoms with E-state index in [9.17, 15) is 0 Å². The number of methoxy groups -OCH3 is 1. The van der Waals surface area contributed by atoms with Crippen molar-refractivity contribution in [3.63, 3.8) is 0 Å². The minimum absolute atomic E-state index is 0.496. The fourth-order valence-electron chi connectivity index (χ4n) is 8.46. The van der Waals surface area contributed by atoms with Crippen LogP contribution in [0.4, 0.5) is 0 Å². The number of fused-ring (bicyclic) bond motifs is 5. The van der Waals surface area contributed by atoms with E-state index in [4.69, 9.17) is 4.74 Å². The van der Waals surface area contributed by atoms with E-state index in [2.05, 4.69) is 33.8 Å². The van der Waals surface area contributed by atoms with Crippen molar-refractivity contribution in [2.75, 3.05) is 7.11 Å². The summed E-state index contributed by atoms with van der Waals surface area (Å²) in [7, 11) is 1.91. The van der Waals surface area contributed by atoms with Gasteiger partial charge in [-0.3, -0.25) is 0 Å². The van der Waals surface area contributed by atoms with Crippen LogP contribution in [0.5, 0.6) is 0 Å². The molecule has 0 aliphatic heterocycles. The van der Waals surface area contributed by atoms with Crippen LogP contribution in [-0.2, 0) is 4.74 Å². The molecule has 8 atom stereocenters. The molecule has 0 amide bonds. The minimum atomic E-state index is 0.496. The molecule has 4 aliphatic rings. The minimum Gasteiger partial charge on any atom is -0.381 e. The fourth-order valence-corrected chi connectivity index (χ4v) is 8.46. The maximum atomic E-state index is 5.71. The number of rotatable bonds is 6. The van der Waals surface area contributed by atoms with E-state index >= 15 is 0 Å². The third kappa shape index (κ3) is 3.75. The molecule has 0 aromatic heterocycles. The molecule has 4 aliphatic carbocycles. The summed E-state index contributed by atoms with van der Waals surface area (Å²) in [6.07, 6.45) is 18.8. The zero-order valence-corrected chi connectivity index (χ0v) is 19.4. The SMILES string of the molecule is CO[C@H]1CCC2C(=CCC3[C@@H]2CC[C@]2(C)[C@@H]([C@H](C)CCCC(C)C)CC[C@@H]32)C1. The van der Waals surface area contributed by atoms with Crippen molar-refractivity contribution in [1.29, 1.82) is 0 Å². The molecule has 3 saturated carbocycles. The molecule has 0 bridgehead atoms. The van der Waals surface area contributed by atoms with E-state index in [1.807, 2.05) is 7.11 Å². The topological polar surface area (TPSA) is 9.23 Å². The van der Waals surface area contributed by atoms with E-state index in [0.717, 1.165) is 41.4 Å². The first kappa shape index (κ1) is 21.0. The molecule has 1 nitrogen and oxygen atoms in total. The van der Waals surface area contributed by atoms with Gasteiger partial charge < -0.3 is 4.74 Å². The summed E-state index contributed by atoms with van der Waals surface area (Å²) in [6.45, 7) is 10.1. The molecule has 160 valence electrons. The Morgan fingerprint density at radius 3 is 2.61 bits per heavy atom. The van der Waals surface area contributed by atoms with Gasteiger partial charge >= 0.3 is 0 Å². The zero-order valence-electron chi connectivity index (χ0n) is 19.4. The van der Waals surface area contributed by atoms with Gasteiger partial charge in [0.05, 0.1) is 6.10 Å². The lowest BCUT2D eigenvalue weighted by Crippen LogP contribution is -2.47. The molecule has 0 N–H and O–H groups in total. The van der Waals surface area contributed by atoms with E-state index in [1.54, 1.807) is 5.57 Å². The largest absolute Gasteiger partial charge is 0.381 e. The quantitative estimate of drug-likeness (QED) is 0.426. The molecule has 0 spiro atoms. The third-order valence-electron chi connectivity index (χ3n) is 9.94. The van der Waals surface area contributed by atoms with E-state index in [0.29, 0.717) is 11.5 Å². The summed E-state index contributed by atoms with van der Waals surface area (Å²) >= 11 is 0. The lowest BCUT2D eigenvalue weighted by Gasteiger charge is -2.54. The van der Waals surface area contributed by atoms with Gasteiger partial charge in [-0.05, 0) is 98.2 Å². The van der Waals surface area contributed by atoms with Crippen molar-refractivity contribution in [3.8, 4) is 0 Å². The van der Waals surface area contributed by atoms with Crippen LogP contribution in [0, 0.1) is 46.8 Å². The number of hydrogen-bond donors (Lipinski definition) is 0. The van der Waals surface area contributed by atoms with Crippen LogP contribution in [0.3, 0.4) is 0 Å². The summed E-state index contributed by atoms with van der Waals surface area (Å²) in [5, 5.41) is 0. The second-order valence-electron chi connectivity index (χ2n) is 11.7. The third-order valence-corrected chi connectivity index (χ3v) is 9.94. The second kappa shape index (κ2) is 8.44. The summed E-state index contributed by atoms with van der Waals surface area (Å²) in [6, 6.07) is 0. The average molecular weight is 387 g/mol. The highest BCUT2D eigenvalue weighted by Crippen LogP contribution is 2.64. The predicted molar refractivity (Wildman–Crippen MR) is 119 cm³/mol. The normalized spacial score (nSPS) is 43.9. The highest BCUT2D eigenvalue weighted by atomic mass is 16.5. The highest BCUT2D eigenvalue weighted by Gasteiger charge is 2.56. The Hall–Kier alpha value is -0.300. The summed E-state index contributed by atoms with van der Waals surface area (Å²) in [5.74, 6) is 6.66. The molecule has 3 fully saturated rings. The van der Waals surface area contributed by atoms with Crippen molar-refractivity contribution in [1.82, 2.24) is 0 Å². The van der Waals surface area contributed by atoms with Gasteiger partial charge in [-0.1, -0.05) is 58.6 Å². The first-order valence-electron chi connectivity index (χ1n) is 12.7. The van der Waals surface area contributed by atoms with Crippen molar-refractivity contribution in [2.45, 2.75) is 104 Å². The smallest absolute Gasteiger partial charge is 0.0608 e. The Balaban J connectivity index is 1.44. The van der Waals surface area contributed by atoms with Gasteiger partial charge in [-0.2, -0.15) is 0 Å². The highest BCUT2D eigenvalue weighted by molar-refractivity contribution is 5.20. The lowest BCUT2D eigenvalue weighted by atomic mass is 9.51. The van der Waals surface area contributed by atoms with Crippen LogP contribution in [0.2, 0.25) is 0 Å². The molecular weight excluding hydrogens is 340 g/mol.